The lowest BCUT2D eigenvalue weighted by Gasteiger charge is -2.20. The third kappa shape index (κ3) is 4.60. The second kappa shape index (κ2) is 7.18. The Morgan fingerprint density at radius 2 is 1.75 bits per heavy atom. The van der Waals surface area contributed by atoms with E-state index in [4.69, 9.17) is 5.26 Å². The first-order valence-corrected chi connectivity index (χ1v) is 7.98. The Morgan fingerprint density at radius 1 is 1.08 bits per heavy atom. The van der Waals surface area contributed by atoms with Gasteiger partial charge in [-0.3, -0.25) is 4.79 Å². The van der Waals surface area contributed by atoms with Gasteiger partial charge in [-0.15, -0.1) is 0 Å². The Hall–Kier alpha value is -2.80. The molecule has 4 heteroatoms. The lowest BCUT2D eigenvalue weighted by molar-refractivity contribution is -0.116. The first-order valence-electron chi connectivity index (χ1n) is 7.98. The first-order chi connectivity index (χ1) is 11.3. The van der Waals surface area contributed by atoms with E-state index in [0.29, 0.717) is 11.3 Å². The highest BCUT2D eigenvalue weighted by atomic mass is 16.2. The normalized spacial score (nSPS) is 12.1. The van der Waals surface area contributed by atoms with Crippen molar-refractivity contribution in [3.63, 3.8) is 0 Å². The van der Waals surface area contributed by atoms with Crippen molar-refractivity contribution in [1.82, 2.24) is 0 Å². The number of carbonyl (C=O) groups is 1. The standard InChI is InChI=1S/C20H23N3O/c1-14(19(24)23-18-7-5-6-15(12-18)13-21)22-17-10-8-16(9-11-17)20(2,3)4/h5-12,14,22H,1-4H3,(H,23,24)/t14-/m1/s1. The summed E-state index contributed by atoms with van der Waals surface area (Å²) < 4.78 is 0. The van der Waals surface area contributed by atoms with Gasteiger partial charge < -0.3 is 10.6 Å². The van der Waals surface area contributed by atoms with E-state index in [1.165, 1.54) is 5.56 Å². The van der Waals surface area contributed by atoms with E-state index in [-0.39, 0.29) is 11.3 Å². The summed E-state index contributed by atoms with van der Waals surface area (Å²) in [4.78, 5) is 12.3. The minimum atomic E-state index is -0.392. The third-order valence-corrected chi connectivity index (χ3v) is 3.79. The molecule has 0 aromatic heterocycles. The molecule has 1 atom stereocenters. The Morgan fingerprint density at radius 3 is 2.33 bits per heavy atom. The van der Waals surface area contributed by atoms with E-state index in [0.717, 1.165) is 5.69 Å². The van der Waals surface area contributed by atoms with Crippen LogP contribution in [-0.2, 0) is 10.2 Å². The largest absolute Gasteiger partial charge is 0.374 e. The van der Waals surface area contributed by atoms with Crippen molar-refractivity contribution in [3.05, 3.63) is 59.7 Å². The summed E-state index contributed by atoms with van der Waals surface area (Å²) in [6.45, 7) is 8.31. The first kappa shape index (κ1) is 17.6. The Labute approximate surface area is 143 Å². The summed E-state index contributed by atoms with van der Waals surface area (Å²) in [5, 5.41) is 14.9. The van der Waals surface area contributed by atoms with Crippen molar-refractivity contribution in [2.24, 2.45) is 0 Å². The average molecular weight is 321 g/mol. The van der Waals surface area contributed by atoms with Crippen molar-refractivity contribution in [2.75, 3.05) is 10.6 Å². The van der Waals surface area contributed by atoms with Crippen LogP contribution in [0.25, 0.3) is 0 Å². The van der Waals surface area contributed by atoms with Gasteiger partial charge in [-0.05, 0) is 48.2 Å². The number of anilines is 2. The van der Waals surface area contributed by atoms with Gasteiger partial charge in [0.1, 0.15) is 6.04 Å². The molecule has 0 spiro atoms. The van der Waals surface area contributed by atoms with Gasteiger partial charge in [0.2, 0.25) is 5.91 Å². The highest BCUT2D eigenvalue weighted by Gasteiger charge is 2.15. The molecule has 1 amide bonds. The summed E-state index contributed by atoms with van der Waals surface area (Å²) in [6.07, 6.45) is 0. The summed E-state index contributed by atoms with van der Waals surface area (Å²) in [7, 11) is 0. The van der Waals surface area contributed by atoms with Gasteiger partial charge in [-0.2, -0.15) is 5.26 Å². The Kier molecular flexibility index (Phi) is 5.25. The molecule has 0 fully saturated rings. The maximum Gasteiger partial charge on any atom is 0.246 e. The fourth-order valence-corrected chi connectivity index (χ4v) is 2.30. The van der Waals surface area contributed by atoms with Crippen LogP contribution in [0.3, 0.4) is 0 Å². The summed E-state index contributed by atoms with van der Waals surface area (Å²) in [5.74, 6) is -0.148. The van der Waals surface area contributed by atoms with E-state index in [2.05, 4.69) is 49.6 Å². The molecule has 0 saturated heterocycles. The zero-order valence-corrected chi connectivity index (χ0v) is 14.6. The van der Waals surface area contributed by atoms with E-state index >= 15 is 0 Å². The lowest BCUT2D eigenvalue weighted by atomic mass is 9.87. The van der Waals surface area contributed by atoms with Crippen LogP contribution >= 0.6 is 0 Å². The van der Waals surface area contributed by atoms with Crippen molar-refractivity contribution >= 4 is 17.3 Å². The van der Waals surface area contributed by atoms with Gasteiger partial charge in [0.05, 0.1) is 11.6 Å². The molecule has 0 bridgehead atoms. The van der Waals surface area contributed by atoms with Gasteiger partial charge in [0, 0.05) is 11.4 Å². The van der Waals surface area contributed by atoms with Crippen LogP contribution in [0, 0.1) is 11.3 Å². The number of amides is 1. The van der Waals surface area contributed by atoms with Crippen LogP contribution in [0.2, 0.25) is 0 Å². The van der Waals surface area contributed by atoms with Crippen LogP contribution in [0.4, 0.5) is 11.4 Å². The molecule has 24 heavy (non-hydrogen) atoms. The van der Waals surface area contributed by atoms with Crippen molar-refractivity contribution < 1.29 is 4.79 Å². The predicted octanol–water partition coefficient (Wildman–Crippen LogP) is 4.29. The van der Waals surface area contributed by atoms with E-state index < -0.39 is 6.04 Å². The lowest BCUT2D eigenvalue weighted by Crippen LogP contribution is -2.31. The van der Waals surface area contributed by atoms with Crippen LogP contribution in [0.1, 0.15) is 38.8 Å². The van der Waals surface area contributed by atoms with Crippen LogP contribution < -0.4 is 10.6 Å². The monoisotopic (exact) mass is 321 g/mol. The molecule has 2 N–H and O–H groups in total. The van der Waals surface area contributed by atoms with Gasteiger partial charge >= 0.3 is 0 Å². The molecule has 2 rings (SSSR count). The minimum absolute atomic E-state index is 0.104. The quantitative estimate of drug-likeness (QED) is 0.882. The predicted molar refractivity (Wildman–Crippen MR) is 98.0 cm³/mol. The number of carbonyl (C=O) groups excluding carboxylic acids is 1. The topological polar surface area (TPSA) is 64.9 Å². The molecule has 0 unspecified atom stereocenters. The summed E-state index contributed by atoms with van der Waals surface area (Å²) in [6, 6.07) is 16.7. The number of benzene rings is 2. The molecule has 2 aromatic rings. The van der Waals surface area contributed by atoms with Crippen molar-refractivity contribution in [1.29, 1.82) is 5.26 Å². The van der Waals surface area contributed by atoms with Crippen LogP contribution in [-0.4, -0.2) is 11.9 Å². The third-order valence-electron chi connectivity index (χ3n) is 3.79. The van der Waals surface area contributed by atoms with Crippen molar-refractivity contribution in [3.8, 4) is 6.07 Å². The van der Waals surface area contributed by atoms with Gasteiger partial charge in [0.15, 0.2) is 0 Å². The fraction of sp³-hybridized carbons (Fsp3) is 0.300. The molecular formula is C20H23N3O. The van der Waals surface area contributed by atoms with Gasteiger partial charge in [-0.25, -0.2) is 0 Å². The molecule has 0 saturated carbocycles. The number of rotatable bonds is 4. The molecule has 0 radical (unpaired) electrons. The summed E-state index contributed by atoms with van der Waals surface area (Å²) in [5.41, 5.74) is 3.39. The number of hydrogen-bond acceptors (Lipinski definition) is 3. The number of hydrogen-bond donors (Lipinski definition) is 2. The molecular weight excluding hydrogens is 298 g/mol. The zero-order chi connectivity index (χ0) is 17.7. The maximum atomic E-state index is 12.3. The molecule has 0 aliphatic rings. The second-order valence-corrected chi connectivity index (χ2v) is 6.88. The number of nitrogens with one attached hydrogen (secondary N) is 2. The maximum absolute atomic E-state index is 12.3. The van der Waals surface area contributed by atoms with Crippen LogP contribution in [0.5, 0.6) is 0 Å². The summed E-state index contributed by atoms with van der Waals surface area (Å²) >= 11 is 0. The fourth-order valence-electron chi connectivity index (χ4n) is 2.30. The highest BCUT2D eigenvalue weighted by Crippen LogP contribution is 2.23. The molecule has 0 aliphatic carbocycles. The molecule has 2 aromatic carbocycles. The molecule has 124 valence electrons. The molecule has 0 aliphatic heterocycles. The number of nitriles is 1. The SMILES string of the molecule is C[C@@H](Nc1ccc(C(C)(C)C)cc1)C(=O)Nc1cccc(C#N)c1. The number of nitrogens with zero attached hydrogens (tertiary/aromatic N) is 1. The van der Waals surface area contributed by atoms with E-state index in [9.17, 15) is 4.79 Å². The Balaban J connectivity index is 2.00. The Bertz CT molecular complexity index is 752. The second-order valence-electron chi connectivity index (χ2n) is 6.88. The van der Waals surface area contributed by atoms with Crippen molar-refractivity contribution in [2.45, 2.75) is 39.2 Å². The van der Waals surface area contributed by atoms with Gasteiger partial charge in [-0.1, -0.05) is 39.0 Å². The smallest absolute Gasteiger partial charge is 0.246 e. The van der Waals surface area contributed by atoms with Gasteiger partial charge in [0.25, 0.3) is 0 Å². The molecule has 4 nitrogen and oxygen atoms in total. The van der Waals surface area contributed by atoms with Crippen LogP contribution in [0.15, 0.2) is 48.5 Å². The average Bonchev–Trinajstić information content (AvgIpc) is 2.54. The minimum Gasteiger partial charge on any atom is -0.374 e. The van der Waals surface area contributed by atoms with E-state index in [1.807, 2.05) is 12.1 Å². The highest BCUT2D eigenvalue weighted by molar-refractivity contribution is 5.96. The van der Waals surface area contributed by atoms with E-state index in [1.54, 1.807) is 31.2 Å². The molecule has 0 heterocycles. The zero-order valence-electron chi connectivity index (χ0n) is 14.6.